The molecule has 3 rings (SSSR count). The van der Waals surface area contributed by atoms with Crippen molar-refractivity contribution in [2.75, 3.05) is 31.2 Å². The first-order chi connectivity index (χ1) is 13.1. The van der Waals surface area contributed by atoms with Crippen molar-refractivity contribution in [1.29, 1.82) is 0 Å². The molecule has 1 heterocycles. The summed E-state index contributed by atoms with van der Waals surface area (Å²) in [6.45, 7) is 2.19. The molecule has 1 amide bonds. The maximum absolute atomic E-state index is 13.6. The zero-order valence-electron chi connectivity index (χ0n) is 14.3. The summed E-state index contributed by atoms with van der Waals surface area (Å²) in [5.74, 6) is -1.36. The van der Waals surface area contributed by atoms with Crippen LogP contribution in [0.3, 0.4) is 0 Å². The topological polar surface area (TPSA) is 97.1 Å². The number of nitro benzene ring substituents is 1. The van der Waals surface area contributed by atoms with Gasteiger partial charge in [-0.2, -0.15) is 5.10 Å². The van der Waals surface area contributed by atoms with Crippen LogP contribution in [0.15, 0.2) is 47.6 Å². The molecule has 2 aromatic rings. The lowest BCUT2D eigenvalue weighted by Gasteiger charge is -2.28. The molecule has 2 aromatic carbocycles. The van der Waals surface area contributed by atoms with E-state index in [0.29, 0.717) is 37.6 Å². The molecular formula is C18H17FN4O4. The number of ether oxygens (including phenoxy) is 1. The number of rotatable bonds is 5. The Hall–Kier alpha value is -3.33. The van der Waals surface area contributed by atoms with Gasteiger partial charge in [-0.15, -0.1) is 0 Å². The third-order valence-corrected chi connectivity index (χ3v) is 4.05. The summed E-state index contributed by atoms with van der Waals surface area (Å²) in [5, 5.41) is 15.2. The summed E-state index contributed by atoms with van der Waals surface area (Å²) in [5.41, 5.74) is 2.97. The molecule has 0 aliphatic carbocycles. The number of nitrogens with one attached hydrogen (secondary N) is 1. The number of morpholine rings is 1. The SMILES string of the molecule is O=C(N/N=C\c1ccc(N2CCOCC2)c([N+](=O)[O-])c1)c1ccccc1F. The number of halogens is 1. The Kier molecular flexibility index (Phi) is 5.72. The first kappa shape index (κ1) is 18.5. The Morgan fingerprint density at radius 3 is 2.70 bits per heavy atom. The number of hydrogen-bond acceptors (Lipinski definition) is 6. The molecule has 27 heavy (non-hydrogen) atoms. The van der Waals surface area contributed by atoms with Crippen LogP contribution in [-0.2, 0) is 4.74 Å². The number of amides is 1. The maximum atomic E-state index is 13.6. The van der Waals surface area contributed by atoms with Crippen LogP contribution in [0.2, 0.25) is 0 Å². The predicted molar refractivity (Wildman–Crippen MR) is 97.6 cm³/mol. The fraction of sp³-hybridized carbons (Fsp3) is 0.222. The second kappa shape index (κ2) is 8.37. The largest absolute Gasteiger partial charge is 0.378 e. The zero-order chi connectivity index (χ0) is 19.2. The number of hydrogen-bond donors (Lipinski definition) is 1. The highest BCUT2D eigenvalue weighted by molar-refractivity contribution is 5.95. The minimum atomic E-state index is -0.705. The van der Waals surface area contributed by atoms with E-state index in [1.165, 1.54) is 36.5 Å². The third kappa shape index (κ3) is 4.45. The van der Waals surface area contributed by atoms with Gasteiger partial charge >= 0.3 is 0 Å². The van der Waals surface area contributed by atoms with Gasteiger partial charge in [0.15, 0.2) is 0 Å². The molecule has 0 bridgehead atoms. The summed E-state index contributed by atoms with van der Waals surface area (Å²) in [6.07, 6.45) is 1.27. The molecule has 0 spiro atoms. The van der Waals surface area contributed by atoms with Crippen molar-refractivity contribution in [2.24, 2.45) is 5.10 Å². The molecule has 8 nitrogen and oxygen atoms in total. The Morgan fingerprint density at radius 1 is 1.26 bits per heavy atom. The molecule has 1 N–H and O–H groups in total. The van der Waals surface area contributed by atoms with E-state index in [0.717, 1.165) is 0 Å². The number of hydrazone groups is 1. The molecular weight excluding hydrogens is 355 g/mol. The molecule has 9 heteroatoms. The van der Waals surface area contributed by atoms with Gasteiger partial charge in [-0.05, 0) is 18.2 Å². The lowest BCUT2D eigenvalue weighted by atomic mass is 10.1. The van der Waals surface area contributed by atoms with Crippen molar-refractivity contribution < 1.29 is 18.8 Å². The average molecular weight is 372 g/mol. The quantitative estimate of drug-likeness (QED) is 0.494. The van der Waals surface area contributed by atoms with E-state index in [1.54, 1.807) is 12.1 Å². The van der Waals surface area contributed by atoms with Crippen molar-refractivity contribution >= 4 is 23.5 Å². The van der Waals surface area contributed by atoms with Gasteiger partial charge in [0.1, 0.15) is 11.5 Å². The summed E-state index contributed by atoms with van der Waals surface area (Å²) < 4.78 is 18.8. The van der Waals surface area contributed by atoms with Crippen LogP contribution in [0.1, 0.15) is 15.9 Å². The van der Waals surface area contributed by atoms with Crippen LogP contribution < -0.4 is 10.3 Å². The van der Waals surface area contributed by atoms with Gasteiger partial charge in [-0.1, -0.05) is 18.2 Å². The van der Waals surface area contributed by atoms with Crippen molar-refractivity contribution in [2.45, 2.75) is 0 Å². The minimum absolute atomic E-state index is 0.0544. The van der Waals surface area contributed by atoms with Crippen LogP contribution in [0.4, 0.5) is 15.8 Å². The summed E-state index contributed by atoms with van der Waals surface area (Å²) in [7, 11) is 0. The van der Waals surface area contributed by atoms with Crippen LogP contribution in [-0.4, -0.2) is 43.3 Å². The first-order valence-electron chi connectivity index (χ1n) is 8.25. The summed E-state index contributed by atoms with van der Waals surface area (Å²) in [6, 6.07) is 10.2. The van der Waals surface area contributed by atoms with E-state index in [-0.39, 0.29) is 11.3 Å². The summed E-state index contributed by atoms with van der Waals surface area (Å²) >= 11 is 0. The van der Waals surface area contributed by atoms with Crippen molar-refractivity contribution in [3.05, 3.63) is 69.5 Å². The van der Waals surface area contributed by atoms with Gasteiger partial charge in [0.2, 0.25) is 0 Å². The number of nitrogens with zero attached hydrogens (tertiary/aromatic N) is 3. The number of benzene rings is 2. The number of anilines is 1. The minimum Gasteiger partial charge on any atom is -0.378 e. The van der Waals surface area contributed by atoms with E-state index in [1.807, 2.05) is 4.90 Å². The van der Waals surface area contributed by atoms with E-state index in [9.17, 15) is 19.3 Å². The highest BCUT2D eigenvalue weighted by atomic mass is 19.1. The highest BCUT2D eigenvalue weighted by Crippen LogP contribution is 2.29. The second-order valence-electron chi connectivity index (χ2n) is 5.78. The lowest BCUT2D eigenvalue weighted by molar-refractivity contribution is -0.384. The van der Waals surface area contributed by atoms with Crippen LogP contribution in [0.25, 0.3) is 0 Å². The predicted octanol–water partition coefficient (Wildman–Crippen LogP) is 2.33. The van der Waals surface area contributed by atoms with E-state index >= 15 is 0 Å². The van der Waals surface area contributed by atoms with E-state index in [2.05, 4.69) is 10.5 Å². The molecule has 0 radical (unpaired) electrons. The highest BCUT2D eigenvalue weighted by Gasteiger charge is 2.21. The van der Waals surface area contributed by atoms with Crippen LogP contribution in [0.5, 0.6) is 0 Å². The van der Waals surface area contributed by atoms with Crippen molar-refractivity contribution in [3.8, 4) is 0 Å². The Bertz CT molecular complexity index is 881. The average Bonchev–Trinajstić information content (AvgIpc) is 2.68. The van der Waals surface area contributed by atoms with Crippen molar-refractivity contribution in [3.63, 3.8) is 0 Å². The van der Waals surface area contributed by atoms with Crippen molar-refractivity contribution in [1.82, 2.24) is 5.43 Å². The molecule has 0 saturated carbocycles. The van der Waals surface area contributed by atoms with Gasteiger partial charge in [-0.25, -0.2) is 9.82 Å². The van der Waals surface area contributed by atoms with Gasteiger partial charge in [0.25, 0.3) is 11.6 Å². The van der Waals surface area contributed by atoms with Gasteiger partial charge < -0.3 is 9.64 Å². The Balaban J connectivity index is 1.74. The zero-order valence-corrected chi connectivity index (χ0v) is 14.3. The molecule has 0 unspecified atom stereocenters. The van der Waals surface area contributed by atoms with E-state index in [4.69, 9.17) is 4.74 Å². The van der Waals surface area contributed by atoms with Crippen LogP contribution in [0, 0.1) is 15.9 Å². The molecule has 1 fully saturated rings. The third-order valence-electron chi connectivity index (χ3n) is 4.05. The maximum Gasteiger partial charge on any atom is 0.293 e. The standard InChI is InChI=1S/C18H17FN4O4/c19-15-4-2-1-3-14(15)18(24)21-20-12-13-5-6-16(17(11-13)23(25)26)22-7-9-27-10-8-22/h1-6,11-12H,7-10H2,(H,21,24)/b20-12-. The molecule has 1 saturated heterocycles. The van der Waals surface area contributed by atoms with Gasteiger partial charge in [0, 0.05) is 24.7 Å². The lowest BCUT2D eigenvalue weighted by Crippen LogP contribution is -2.36. The molecule has 140 valence electrons. The monoisotopic (exact) mass is 372 g/mol. The number of carbonyl (C=O) groups excluding carboxylic acids is 1. The van der Waals surface area contributed by atoms with Gasteiger partial charge in [-0.3, -0.25) is 14.9 Å². The Morgan fingerprint density at radius 2 is 2.00 bits per heavy atom. The van der Waals surface area contributed by atoms with Gasteiger partial charge in [0.05, 0.1) is 29.9 Å². The number of nitro groups is 1. The molecule has 1 aliphatic rings. The molecule has 0 aromatic heterocycles. The fourth-order valence-electron chi connectivity index (χ4n) is 2.71. The fourth-order valence-corrected chi connectivity index (χ4v) is 2.71. The summed E-state index contributed by atoms with van der Waals surface area (Å²) in [4.78, 5) is 24.7. The first-order valence-corrected chi connectivity index (χ1v) is 8.25. The second-order valence-corrected chi connectivity index (χ2v) is 5.78. The Labute approximate surface area is 154 Å². The molecule has 1 aliphatic heterocycles. The van der Waals surface area contributed by atoms with Crippen LogP contribution >= 0.6 is 0 Å². The number of carbonyl (C=O) groups is 1. The normalized spacial score (nSPS) is 14.3. The smallest absolute Gasteiger partial charge is 0.293 e. The van der Waals surface area contributed by atoms with E-state index < -0.39 is 16.6 Å². The molecule has 0 atom stereocenters.